The van der Waals surface area contributed by atoms with Gasteiger partial charge >= 0.3 is 0 Å². The Kier molecular flexibility index (Phi) is 4.72. The molecule has 2 atom stereocenters. The molecule has 2 N–H and O–H groups in total. The Labute approximate surface area is 101 Å². The first-order valence-electron chi connectivity index (χ1n) is 5.50. The summed E-state index contributed by atoms with van der Waals surface area (Å²) in [6.07, 6.45) is 1.49. The summed E-state index contributed by atoms with van der Waals surface area (Å²) in [7, 11) is 1.54. The largest absolute Gasteiger partial charge is 0.466 e. The van der Waals surface area contributed by atoms with Gasteiger partial charge in [-0.25, -0.2) is 0 Å². The molecule has 17 heavy (non-hydrogen) atoms. The summed E-state index contributed by atoms with van der Waals surface area (Å²) < 4.78 is 10.00. The summed E-state index contributed by atoms with van der Waals surface area (Å²) in [5.74, 6) is 0.0308. The summed E-state index contributed by atoms with van der Waals surface area (Å²) in [5.41, 5.74) is -1.20. The van der Waals surface area contributed by atoms with Crippen LogP contribution in [0.15, 0.2) is 22.8 Å². The maximum absolute atomic E-state index is 11.6. The maximum atomic E-state index is 11.6. The standard InChI is InChI=1S/C12H19NO4/c1-9(7-16-3)11(14)13-8-12(2,15)10-5-4-6-17-10/h4-6,9,15H,7-8H2,1-3H3,(H,13,14). The van der Waals surface area contributed by atoms with Crippen molar-refractivity contribution in [2.45, 2.75) is 19.4 Å². The molecule has 96 valence electrons. The summed E-state index contributed by atoms with van der Waals surface area (Å²) in [5, 5.41) is 12.8. The lowest BCUT2D eigenvalue weighted by molar-refractivity contribution is -0.127. The van der Waals surface area contributed by atoms with Gasteiger partial charge in [-0.15, -0.1) is 0 Å². The van der Waals surface area contributed by atoms with E-state index in [1.165, 1.54) is 6.26 Å². The second-order valence-corrected chi connectivity index (χ2v) is 4.33. The SMILES string of the molecule is COCC(C)C(=O)NCC(C)(O)c1ccco1. The number of hydrogen-bond acceptors (Lipinski definition) is 4. The number of aliphatic hydroxyl groups is 1. The molecule has 2 unspecified atom stereocenters. The van der Waals surface area contributed by atoms with E-state index in [0.717, 1.165) is 0 Å². The van der Waals surface area contributed by atoms with Crippen LogP contribution >= 0.6 is 0 Å². The molecule has 0 bridgehead atoms. The number of carbonyl (C=O) groups excluding carboxylic acids is 1. The van der Waals surface area contributed by atoms with Crippen LogP contribution in [0.1, 0.15) is 19.6 Å². The highest BCUT2D eigenvalue weighted by Gasteiger charge is 2.27. The first-order chi connectivity index (χ1) is 7.97. The Morgan fingerprint density at radius 2 is 2.41 bits per heavy atom. The third-order valence-corrected chi connectivity index (χ3v) is 2.52. The molecule has 1 rings (SSSR count). The Bertz CT molecular complexity index is 345. The van der Waals surface area contributed by atoms with Gasteiger partial charge in [0.1, 0.15) is 11.4 Å². The quantitative estimate of drug-likeness (QED) is 0.775. The van der Waals surface area contributed by atoms with Crippen molar-refractivity contribution in [2.75, 3.05) is 20.3 Å². The van der Waals surface area contributed by atoms with Crippen molar-refractivity contribution in [2.24, 2.45) is 5.92 Å². The fourth-order valence-electron chi connectivity index (χ4n) is 1.43. The van der Waals surface area contributed by atoms with Gasteiger partial charge in [0.15, 0.2) is 0 Å². The van der Waals surface area contributed by atoms with Crippen molar-refractivity contribution in [3.05, 3.63) is 24.2 Å². The molecule has 1 aromatic heterocycles. The Balaban J connectivity index is 2.47. The molecule has 1 heterocycles. The van der Waals surface area contributed by atoms with Crippen LogP contribution < -0.4 is 5.32 Å². The molecule has 0 aromatic carbocycles. The zero-order valence-corrected chi connectivity index (χ0v) is 10.4. The zero-order valence-electron chi connectivity index (χ0n) is 10.4. The average Bonchev–Trinajstić information content (AvgIpc) is 2.80. The van der Waals surface area contributed by atoms with E-state index in [1.54, 1.807) is 33.1 Å². The summed E-state index contributed by atoms with van der Waals surface area (Å²) >= 11 is 0. The van der Waals surface area contributed by atoms with Gasteiger partial charge < -0.3 is 19.6 Å². The van der Waals surface area contributed by atoms with Crippen LogP contribution in [0.5, 0.6) is 0 Å². The van der Waals surface area contributed by atoms with Crippen molar-refractivity contribution >= 4 is 5.91 Å². The van der Waals surface area contributed by atoms with Crippen LogP contribution in [-0.4, -0.2) is 31.3 Å². The van der Waals surface area contributed by atoms with Gasteiger partial charge in [-0.3, -0.25) is 4.79 Å². The molecular weight excluding hydrogens is 222 g/mol. The van der Waals surface area contributed by atoms with E-state index in [0.29, 0.717) is 12.4 Å². The van der Waals surface area contributed by atoms with Gasteiger partial charge in [0.2, 0.25) is 5.91 Å². The minimum absolute atomic E-state index is 0.105. The molecule has 0 fully saturated rings. The first kappa shape index (κ1) is 13.7. The van der Waals surface area contributed by atoms with E-state index in [2.05, 4.69) is 5.32 Å². The number of carbonyl (C=O) groups is 1. The van der Waals surface area contributed by atoms with E-state index >= 15 is 0 Å². The second kappa shape index (κ2) is 5.84. The highest BCUT2D eigenvalue weighted by atomic mass is 16.5. The summed E-state index contributed by atoms with van der Waals surface area (Å²) in [4.78, 5) is 11.6. The number of hydrogen-bond donors (Lipinski definition) is 2. The highest BCUT2D eigenvalue weighted by Crippen LogP contribution is 2.19. The van der Waals surface area contributed by atoms with Crippen LogP contribution in [0.3, 0.4) is 0 Å². The molecule has 5 heteroatoms. The lowest BCUT2D eigenvalue weighted by Gasteiger charge is -2.22. The van der Waals surface area contributed by atoms with Crippen molar-refractivity contribution in [3.8, 4) is 0 Å². The Morgan fingerprint density at radius 1 is 1.71 bits per heavy atom. The summed E-state index contributed by atoms with van der Waals surface area (Å²) in [6.45, 7) is 3.82. The third-order valence-electron chi connectivity index (χ3n) is 2.52. The van der Waals surface area contributed by atoms with Crippen LogP contribution in [0.25, 0.3) is 0 Å². The zero-order chi connectivity index (χ0) is 12.9. The van der Waals surface area contributed by atoms with Crippen molar-refractivity contribution in [1.82, 2.24) is 5.32 Å². The molecular formula is C12H19NO4. The van der Waals surface area contributed by atoms with E-state index in [-0.39, 0.29) is 18.4 Å². The number of ether oxygens (including phenoxy) is 1. The summed E-state index contributed by atoms with van der Waals surface area (Å²) in [6, 6.07) is 3.36. The van der Waals surface area contributed by atoms with Crippen molar-refractivity contribution in [3.63, 3.8) is 0 Å². The lowest BCUT2D eigenvalue weighted by atomic mass is 10.0. The topological polar surface area (TPSA) is 71.7 Å². The van der Waals surface area contributed by atoms with Gasteiger partial charge in [0.25, 0.3) is 0 Å². The molecule has 1 aromatic rings. The van der Waals surface area contributed by atoms with Crippen LogP contribution in [0.2, 0.25) is 0 Å². The van der Waals surface area contributed by atoms with Crippen molar-refractivity contribution in [1.29, 1.82) is 0 Å². The van der Waals surface area contributed by atoms with Gasteiger partial charge in [0, 0.05) is 7.11 Å². The maximum Gasteiger partial charge on any atom is 0.225 e. The monoisotopic (exact) mass is 241 g/mol. The van der Waals surface area contributed by atoms with E-state index < -0.39 is 5.60 Å². The smallest absolute Gasteiger partial charge is 0.225 e. The number of rotatable bonds is 6. The normalized spacial score (nSPS) is 16.2. The molecule has 1 amide bonds. The van der Waals surface area contributed by atoms with Crippen LogP contribution in [-0.2, 0) is 15.1 Å². The van der Waals surface area contributed by atoms with Gasteiger partial charge in [-0.05, 0) is 19.1 Å². The molecule has 0 aliphatic heterocycles. The van der Waals surface area contributed by atoms with Crippen LogP contribution in [0, 0.1) is 5.92 Å². The second-order valence-electron chi connectivity index (χ2n) is 4.33. The predicted molar refractivity (Wildman–Crippen MR) is 62.3 cm³/mol. The highest BCUT2D eigenvalue weighted by molar-refractivity contribution is 5.78. The molecule has 0 spiro atoms. The number of amides is 1. The van der Waals surface area contributed by atoms with E-state index in [9.17, 15) is 9.90 Å². The Morgan fingerprint density at radius 3 is 2.94 bits per heavy atom. The molecule has 5 nitrogen and oxygen atoms in total. The molecule has 0 saturated heterocycles. The minimum Gasteiger partial charge on any atom is -0.466 e. The predicted octanol–water partition coefficient (Wildman–Crippen LogP) is 0.886. The van der Waals surface area contributed by atoms with Gasteiger partial charge in [-0.1, -0.05) is 6.92 Å². The molecule has 0 saturated carbocycles. The first-order valence-corrected chi connectivity index (χ1v) is 5.50. The molecule has 0 aliphatic carbocycles. The van der Waals surface area contributed by atoms with Crippen LogP contribution in [0.4, 0.5) is 0 Å². The van der Waals surface area contributed by atoms with Gasteiger partial charge in [0.05, 0.1) is 25.3 Å². The van der Waals surface area contributed by atoms with Crippen molar-refractivity contribution < 1.29 is 19.1 Å². The number of nitrogens with one attached hydrogen (secondary N) is 1. The van der Waals surface area contributed by atoms with Gasteiger partial charge in [-0.2, -0.15) is 0 Å². The third kappa shape index (κ3) is 3.87. The number of furan rings is 1. The number of methoxy groups -OCH3 is 1. The molecule has 0 aliphatic rings. The average molecular weight is 241 g/mol. The fourth-order valence-corrected chi connectivity index (χ4v) is 1.43. The van der Waals surface area contributed by atoms with E-state index in [4.69, 9.17) is 9.15 Å². The van der Waals surface area contributed by atoms with E-state index in [1.807, 2.05) is 0 Å². The molecule has 0 radical (unpaired) electrons. The lowest BCUT2D eigenvalue weighted by Crippen LogP contribution is -2.41. The fraction of sp³-hybridized carbons (Fsp3) is 0.583. The Hall–Kier alpha value is -1.33. The minimum atomic E-state index is -1.20.